The molecule has 0 aromatic carbocycles. The number of hydrogen-bond acceptors (Lipinski definition) is 3. The smallest absolute Gasteiger partial charge is 0.315 e. The first kappa shape index (κ1) is 16.8. The summed E-state index contributed by atoms with van der Waals surface area (Å²) >= 11 is 0. The Bertz CT molecular complexity index is 315. The van der Waals surface area contributed by atoms with Crippen molar-refractivity contribution >= 4 is 12.0 Å². The van der Waals surface area contributed by atoms with Crippen molar-refractivity contribution in [3.05, 3.63) is 0 Å². The van der Waals surface area contributed by atoms with Gasteiger partial charge < -0.3 is 21.1 Å². The third kappa shape index (κ3) is 7.33. The standard InChI is InChI=1S/C14H27N3O3/c1-10(2)7-11(8-13(18)19)9-16-14(20)17-12-3-5-15-6-4-12/h10-12,15H,3-9H2,1-2H3,(H,18,19)(H2,16,17,20). The fourth-order valence-corrected chi connectivity index (χ4v) is 2.59. The molecule has 0 aliphatic carbocycles. The number of hydrogen-bond donors (Lipinski definition) is 4. The van der Waals surface area contributed by atoms with Gasteiger partial charge in [0.15, 0.2) is 0 Å². The summed E-state index contributed by atoms with van der Waals surface area (Å²) in [5.41, 5.74) is 0. The predicted molar refractivity (Wildman–Crippen MR) is 77.6 cm³/mol. The molecule has 0 spiro atoms. The van der Waals surface area contributed by atoms with Gasteiger partial charge in [-0.05, 0) is 44.2 Å². The first-order valence-electron chi connectivity index (χ1n) is 7.44. The van der Waals surface area contributed by atoms with Gasteiger partial charge in [0.05, 0.1) is 0 Å². The van der Waals surface area contributed by atoms with Gasteiger partial charge in [0.2, 0.25) is 0 Å². The zero-order valence-corrected chi connectivity index (χ0v) is 12.4. The second-order valence-electron chi connectivity index (χ2n) is 5.97. The molecule has 1 atom stereocenters. The Labute approximate surface area is 120 Å². The molecule has 20 heavy (non-hydrogen) atoms. The van der Waals surface area contributed by atoms with E-state index < -0.39 is 5.97 Å². The number of nitrogens with one attached hydrogen (secondary N) is 3. The van der Waals surface area contributed by atoms with E-state index in [0.717, 1.165) is 32.4 Å². The summed E-state index contributed by atoms with van der Waals surface area (Å²) in [6.07, 6.45) is 2.79. The second-order valence-corrected chi connectivity index (χ2v) is 5.97. The van der Waals surface area contributed by atoms with Gasteiger partial charge >= 0.3 is 12.0 Å². The van der Waals surface area contributed by atoms with Crippen LogP contribution < -0.4 is 16.0 Å². The maximum atomic E-state index is 11.8. The summed E-state index contributed by atoms with van der Waals surface area (Å²) in [6, 6.07) is 0.0373. The van der Waals surface area contributed by atoms with Crippen LogP contribution in [-0.2, 0) is 4.79 Å². The number of carboxylic acids is 1. The van der Waals surface area contributed by atoms with Crippen LogP contribution in [0.2, 0.25) is 0 Å². The molecule has 1 saturated heterocycles. The van der Waals surface area contributed by atoms with E-state index >= 15 is 0 Å². The van der Waals surface area contributed by atoms with E-state index in [2.05, 4.69) is 29.8 Å². The first-order valence-corrected chi connectivity index (χ1v) is 7.44. The fourth-order valence-electron chi connectivity index (χ4n) is 2.59. The SMILES string of the molecule is CC(C)CC(CNC(=O)NC1CCNCC1)CC(=O)O. The van der Waals surface area contributed by atoms with Gasteiger partial charge in [-0.15, -0.1) is 0 Å². The highest BCUT2D eigenvalue weighted by Gasteiger charge is 2.18. The van der Waals surface area contributed by atoms with Gasteiger partial charge in [-0.3, -0.25) is 4.79 Å². The summed E-state index contributed by atoms with van der Waals surface area (Å²) in [5.74, 6) is -0.392. The minimum atomic E-state index is -0.809. The average Bonchev–Trinajstić information content (AvgIpc) is 2.36. The first-order chi connectivity index (χ1) is 9.47. The second kappa shape index (κ2) is 8.79. The zero-order chi connectivity index (χ0) is 15.0. The molecule has 1 rings (SSSR count). The number of carboxylic acid groups (broad SMARTS) is 1. The van der Waals surface area contributed by atoms with Crippen molar-refractivity contribution in [2.75, 3.05) is 19.6 Å². The average molecular weight is 285 g/mol. The van der Waals surface area contributed by atoms with Crippen LogP contribution in [0.15, 0.2) is 0 Å². The summed E-state index contributed by atoms with van der Waals surface area (Å²) in [7, 11) is 0. The minimum Gasteiger partial charge on any atom is -0.481 e. The van der Waals surface area contributed by atoms with Crippen LogP contribution in [0.4, 0.5) is 4.79 Å². The number of carbonyl (C=O) groups excluding carboxylic acids is 1. The molecular weight excluding hydrogens is 258 g/mol. The van der Waals surface area contributed by atoms with Crippen molar-refractivity contribution in [2.45, 2.75) is 45.6 Å². The molecule has 0 bridgehead atoms. The van der Waals surface area contributed by atoms with Crippen molar-refractivity contribution in [3.8, 4) is 0 Å². The molecule has 0 aromatic heterocycles. The Hall–Kier alpha value is -1.30. The van der Waals surface area contributed by atoms with Crippen LogP contribution in [0.25, 0.3) is 0 Å². The van der Waals surface area contributed by atoms with E-state index in [4.69, 9.17) is 5.11 Å². The van der Waals surface area contributed by atoms with Crippen LogP contribution in [0.1, 0.15) is 39.5 Å². The maximum Gasteiger partial charge on any atom is 0.315 e. The van der Waals surface area contributed by atoms with E-state index in [1.165, 1.54) is 0 Å². The third-order valence-corrected chi connectivity index (χ3v) is 3.49. The molecule has 1 unspecified atom stereocenters. The Kier molecular flexibility index (Phi) is 7.36. The van der Waals surface area contributed by atoms with Crippen LogP contribution in [0.5, 0.6) is 0 Å². The van der Waals surface area contributed by atoms with E-state index in [-0.39, 0.29) is 24.4 Å². The molecule has 6 heteroatoms. The van der Waals surface area contributed by atoms with Crippen molar-refractivity contribution in [3.63, 3.8) is 0 Å². The zero-order valence-electron chi connectivity index (χ0n) is 12.4. The highest BCUT2D eigenvalue weighted by molar-refractivity contribution is 5.74. The molecule has 1 heterocycles. The monoisotopic (exact) mass is 285 g/mol. The molecular formula is C14H27N3O3. The number of amides is 2. The fraction of sp³-hybridized carbons (Fsp3) is 0.857. The number of urea groups is 1. The third-order valence-electron chi connectivity index (χ3n) is 3.49. The van der Waals surface area contributed by atoms with E-state index in [1.54, 1.807) is 0 Å². The van der Waals surface area contributed by atoms with Crippen molar-refractivity contribution in [1.29, 1.82) is 0 Å². The molecule has 0 aromatic rings. The van der Waals surface area contributed by atoms with Crippen LogP contribution in [0, 0.1) is 11.8 Å². The lowest BCUT2D eigenvalue weighted by Gasteiger charge is -2.24. The summed E-state index contributed by atoms with van der Waals surface area (Å²) in [5, 5.41) is 17.9. The number of carbonyl (C=O) groups is 2. The topological polar surface area (TPSA) is 90.5 Å². The Morgan fingerprint density at radius 3 is 2.50 bits per heavy atom. The van der Waals surface area contributed by atoms with Crippen molar-refractivity contribution < 1.29 is 14.7 Å². The minimum absolute atomic E-state index is 0.00808. The summed E-state index contributed by atoms with van der Waals surface area (Å²) < 4.78 is 0. The molecule has 0 radical (unpaired) electrons. The molecule has 116 valence electrons. The van der Waals surface area contributed by atoms with E-state index in [9.17, 15) is 9.59 Å². The Morgan fingerprint density at radius 1 is 1.30 bits per heavy atom. The summed E-state index contributed by atoms with van der Waals surface area (Å²) in [6.45, 7) is 6.40. The Balaban J connectivity index is 2.29. The predicted octanol–water partition coefficient (Wildman–Crippen LogP) is 1.17. The largest absolute Gasteiger partial charge is 0.481 e. The molecule has 4 N–H and O–H groups in total. The molecule has 6 nitrogen and oxygen atoms in total. The lowest BCUT2D eigenvalue weighted by Crippen LogP contribution is -2.47. The molecule has 0 saturated carbocycles. The van der Waals surface area contributed by atoms with Gasteiger partial charge in [0, 0.05) is 19.0 Å². The quantitative estimate of drug-likeness (QED) is 0.565. The molecule has 1 fully saturated rings. The number of rotatable bonds is 7. The highest BCUT2D eigenvalue weighted by Crippen LogP contribution is 2.14. The Morgan fingerprint density at radius 2 is 1.95 bits per heavy atom. The van der Waals surface area contributed by atoms with Gasteiger partial charge in [-0.25, -0.2) is 4.79 Å². The molecule has 1 aliphatic heterocycles. The van der Waals surface area contributed by atoms with Crippen LogP contribution in [-0.4, -0.2) is 42.8 Å². The molecule has 2 amide bonds. The van der Waals surface area contributed by atoms with Gasteiger partial charge in [0.1, 0.15) is 0 Å². The van der Waals surface area contributed by atoms with E-state index in [1.807, 2.05) is 0 Å². The number of piperidine rings is 1. The van der Waals surface area contributed by atoms with Crippen LogP contribution in [0.3, 0.4) is 0 Å². The summed E-state index contributed by atoms with van der Waals surface area (Å²) in [4.78, 5) is 22.6. The number of aliphatic carboxylic acids is 1. The maximum absolute atomic E-state index is 11.8. The molecule has 1 aliphatic rings. The van der Waals surface area contributed by atoms with Crippen LogP contribution >= 0.6 is 0 Å². The van der Waals surface area contributed by atoms with E-state index in [0.29, 0.717) is 12.5 Å². The van der Waals surface area contributed by atoms with Crippen molar-refractivity contribution in [2.24, 2.45) is 11.8 Å². The van der Waals surface area contributed by atoms with Gasteiger partial charge in [-0.1, -0.05) is 13.8 Å². The lowest BCUT2D eigenvalue weighted by atomic mass is 9.94. The van der Waals surface area contributed by atoms with Gasteiger partial charge in [0.25, 0.3) is 0 Å². The van der Waals surface area contributed by atoms with Crippen molar-refractivity contribution in [1.82, 2.24) is 16.0 Å². The lowest BCUT2D eigenvalue weighted by molar-refractivity contribution is -0.138. The normalized spacial score (nSPS) is 17.8. The highest BCUT2D eigenvalue weighted by atomic mass is 16.4. The van der Waals surface area contributed by atoms with Gasteiger partial charge in [-0.2, -0.15) is 0 Å².